The standard InChI is InChI=1S/C10H17N/c1-2-7-11-8-3-5-10(4-1)6-9-11/h3,5,10H,1-2,4,6-9H2. The van der Waals surface area contributed by atoms with Gasteiger partial charge in [0.15, 0.2) is 0 Å². The molecule has 2 rings (SSSR count). The van der Waals surface area contributed by atoms with Crippen LogP contribution in [0.15, 0.2) is 12.2 Å². The van der Waals surface area contributed by atoms with E-state index in [1.165, 1.54) is 45.3 Å². The molecule has 1 fully saturated rings. The number of hydrogen-bond donors (Lipinski definition) is 0. The van der Waals surface area contributed by atoms with Gasteiger partial charge in [0, 0.05) is 6.54 Å². The molecular formula is C10H17N. The summed E-state index contributed by atoms with van der Waals surface area (Å²) in [6.07, 6.45) is 10.5. The van der Waals surface area contributed by atoms with Crippen LogP contribution in [0.25, 0.3) is 0 Å². The van der Waals surface area contributed by atoms with E-state index in [1.807, 2.05) is 0 Å². The number of allylic oxidation sites excluding steroid dienone is 1. The summed E-state index contributed by atoms with van der Waals surface area (Å²) in [5.41, 5.74) is 0. The molecule has 0 radical (unpaired) electrons. The van der Waals surface area contributed by atoms with Gasteiger partial charge in [0.1, 0.15) is 0 Å². The molecule has 0 aromatic carbocycles. The number of hydrogen-bond acceptors (Lipinski definition) is 1. The van der Waals surface area contributed by atoms with E-state index in [9.17, 15) is 0 Å². The first-order valence-corrected chi connectivity index (χ1v) is 4.84. The largest absolute Gasteiger partial charge is 0.300 e. The smallest absolute Gasteiger partial charge is 0.0163 e. The van der Waals surface area contributed by atoms with E-state index in [0.29, 0.717) is 0 Å². The van der Waals surface area contributed by atoms with E-state index in [0.717, 1.165) is 5.92 Å². The molecular weight excluding hydrogens is 134 g/mol. The number of nitrogens with zero attached hydrogens (tertiary/aromatic N) is 1. The van der Waals surface area contributed by atoms with Gasteiger partial charge in [-0.15, -0.1) is 0 Å². The van der Waals surface area contributed by atoms with Crippen LogP contribution in [0.5, 0.6) is 0 Å². The second kappa shape index (κ2) is 3.40. The summed E-state index contributed by atoms with van der Waals surface area (Å²) in [5.74, 6) is 0.903. The van der Waals surface area contributed by atoms with Gasteiger partial charge in [-0.25, -0.2) is 0 Å². The molecule has 1 heteroatoms. The minimum Gasteiger partial charge on any atom is -0.300 e. The average Bonchev–Trinajstić information content (AvgIpc) is 2.11. The minimum absolute atomic E-state index is 0.903. The Morgan fingerprint density at radius 1 is 1.09 bits per heavy atom. The second-order valence-corrected chi connectivity index (χ2v) is 3.77. The van der Waals surface area contributed by atoms with E-state index in [-0.39, 0.29) is 0 Å². The zero-order valence-corrected chi connectivity index (χ0v) is 7.13. The van der Waals surface area contributed by atoms with Crippen molar-refractivity contribution < 1.29 is 0 Å². The Labute approximate surface area is 69.1 Å². The number of rotatable bonds is 0. The molecule has 2 atom stereocenters. The molecule has 0 aromatic rings. The topological polar surface area (TPSA) is 3.24 Å². The van der Waals surface area contributed by atoms with Crippen LogP contribution >= 0.6 is 0 Å². The van der Waals surface area contributed by atoms with Gasteiger partial charge in [0.05, 0.1) is 0 Å². The Balaban J connectivity index is 2.04. The summed E-state index contributed by atoms with van der Waals surface area (Å²) in [6, 6.07) is 0. The molecule has 0 amide bonds. The van der Waals surface area contributed by atoms with Crippen LogP contribution in [-0.2, 0) is 0 Å². The quantitative estimate of drug-likeness (QED) is 0.479. The highest BCUT2D eigenvalue weighted by Gasteiger charge is 2.14. The monoisotopic (exact) mass is 151 g/mol. The molecule has 0 N–H and O–H groups in total. The van der Waals surface area contributed by atoms with E-state index in [2.05, 4.69) is 17.1 Å². The molecule has 0 spiro atoms. The zero-order valence-electron chi connectivity index (χ0n) is 7.13. The number of fused-ring (bicyclic) bond motifs is 3. The predicted octanol–water partition coefficient (Wildman–Crippen LogP) is 2.05. The summed E-state index contributed by atoms with van der Waals surface area (Å²) in [6.45, 7) is 3.87. The molecule has 2 aliphatic rings. The lowest BCUT2D eigenvalue weighted by Crippen LogP contribution is -2.27. The van der Waals surface area contributed by atoms with Crippen molar-refractivity contribution in [2.24, 2.45) is 5.92 Å². The van der Waals surface area contributed by atoms with E-state index in [4.69, 9.17) is 0 Å². The zero-order chi connectivity index (χ0) is 7.52. The molecule has 2 heterocycles. The molecule has 0 aromatic heterocycles. The molecule has 62 valence electrons. The van der Waals surface area contributed by atoms with Crippen LogP contribution in [-0.4, -0.2) is 24.5 Å². The summed E-state index contributed by atoms with van der Waals surface area (Å²) < 4.78 is 0. The summed E-state index contributed by atoms with van der Waals surface area (Å²) in [7, 11) is 0. The molecule has 2 unspecified atom stereocenters. The SMILES string of the molecule is C1=CC2CCCCN(C1)CC2. The van der Waals surface area contributed by atoms with Crippen LogP contribution < -0.4 is 0 Å². The van der Waals surface area contributed by atoms with Crippen molar-refractivity contribution in [3.63, 3.8) is 0 Å². The van der Waals surface area contributed by atoms with Gasteiger partial charge in [-0.05, 0) is 38.3 Å². The van der Waals surface area contributed by atoms with Crippen LogP contribution in [0.1, 0.15) is 25.7 Å². The molecule has 2 aliphatic heterocycles. The Bertz CT molecular complexity index is 151. The van der Waals surface area contributed by atoms with Crippen molar-refractivity contribution >= 4 is 0 Å². The van der Waals surface area contributed by atoms with Crippen LogP contribution in [0.4, 0.5) is 0 Å². The minimum atomic E-state index is 0.903. The normalized spacial score (nSPS) is 37.8. The molecule has 2 bridgehead atoms. The van der Waals surface area contributed by atoms with Gasteiger partial charge in [-0.2, -0.15) is 0 Å². The van der Waals surface area contributed by atoms with Crippen molar-refractivity contribution in [1.29, 1.82) is 0 Å². The van der Waals surface area contributed by atoms with Crippen molar-refractivity contribution in [2.75, 3.05) is 19.6 Å². The Morgan fingerprint density at radius 3 is 3.09 bits per heavy atom. The molecule has 1 nitrogen and oxygen atoms in total. The molecule has 0 aliphatic carbocycles. The lowest BCUT2D eigenvalue weighted by atomic mass is 9.97. The first-order chi connectivity index (χ1) is 5.45. The fourth-order valence-corrected chi connectivity index (χ4v) is 2.12. The van der Waals surface area contributed by atoms with Crippen molar-refractivity contribution in [3.8, 4) is 0 Å². The van der Waals surface area contributed by atoms with E-state index < -0.39 is 0 Å². The van der Waals surface area contributed by atoms with Gasteiger partial charge in [-0.3, -0.25) is 4.90 Å². The Morgan fingerprint density at radius 2 is 2.09 bits per heavy atom. The molecule has 11 heavy (non-hydrogen) atoms. The van der Waals surface area contributed by atoms with Gasteiger partial charge < -0.3 is 0 Å². The lowest BCUT2D eigenvalue weighted by Gasteiger charge is -2.22. The average molecular weight is 151 g/mol. The summed E-state index contributed by atoms with van der Waals surface area (Å²) >= 11 is 0. The second-order valence-electron chi connectivity index (χ2n) is 3.77. The maximum absolute atomic E-state index is 2.58. The summed E-state index contributed by atoms with van der Waals surface area (Å²) in [4.78, 5) is 2.58. The molecule has 1 saturated heterocycles. The highest BCUT2D eigenvalue weighted by Crippen LogP contribution is 2.20. The maximum atomic E-state index is 2.58. The van der Waals surface area contributed by atoms with Gasteiger partial charge in [0.2, 0.25) is 0 Å². The van der Waals surface area contributed by atoms with Crippen molar-refractivity contribution in [3.05, 3.63) is 12.2 Å². The van der Waals surface area contributed by atoms with E-state index >= 15 is 0 Å². The van der Waals surface area contributed by atoms with E-state index in [1.54, 1.807) is 0 Å². The third-order valence-electron chi connectivity index (χ3n) is 2.89. The van der Waals surface area contributed by atoms with Gasteiger partial charge in [-0.1, -0.05) is 18.6 Å². The van der Waals surface area contributed by atoms with Crippen LogP contribution in [0.2, 0.25) is 0 Å². The fraction of sp³-hybridized carbons (Fsp3) is 0.800. The third-order valence-corrected chi connectivity index (χ3v) is 2.89. The highest BCUT2D eigenvalue weighted by molar-refractivity contribution is 4.95. The van der Waals surface area contributed by atoms with Crippen LogP contribution in [0, 0.1) is 5.92 Å². The molecule has 0 saturated carbocycles. The van der Waals surface area contributed by atoms with Crippen molar-refractivity contribution in [2.45, 2.75) is 25.7 Å². The van der Waals surface area contributed by atoms with Crippen LogP contribution in [0.3, 0.4) is 0 Å². The maximum Gasteiger partial charge on any atom is 0.0163 e. The lowest BCUT2D eigenvalue weighted by molar-refractivity contribution is 0.263. The Kier molecular flexibility index (Phi) is 2.27. The third kappa shape index (κ3) is 1.84. The van der Waals surface area contributed by atoms with Gasteiger partial charge >= 0.3 is 0 Å². The highest BCUT2D eigenvalue weighted by atomic mass is 15.1. The first kappa shape index (κ1) is 7.35. The van der Waals surface area contributed by atoms with Gasteiger partial charge in [0.25, 0.3) is 0 Å². The fourth-order valence-electron chi connectivity index (χ4n) is 2.12. The van der Waals surface area contributed by atoms with Crippen molar-refractivity contribution in [1.82, 2.24) is 4.90 Å². The first-order valence-electron chi connectivity index (χ1n) is 4.84. The summed E-state index contributed by atoms with van der Waals surface area (Å²) in [5, 5.41) is 0. The Hall–Kier alpha value is -0.300. The predicted molar refractivity (Wildman–Crippen MR) is 47.5 cm³/mol.